The highest BCUT2D eigenvalue weighted by molar-refractivity contribution is 5.96. The topological polar surface area (TPSA) is 99.6 Å². The normalized spacial score (nSPS) is 12.0. The highest BCUT2D eigenvalue weighted by Crippen LogP contribution is 2.20. The Bertz CT molecular complexity index is 602. The fourth-order valence-electron chi connectivity index (χ4n) is 1.73. The van der Waals surface area contributed by atoms with Crippen LogP contribution in [0.1, 0.15) is 5.89 Å². The SMILES string of the molecule is COCc1nc2cc(NC(=O)C(N)COC)ccc2o1.Cl. The Hall–Kier alpha value is -1.67. The summed E-state index contributed by atoms with van der Waals surface area (Å²) in [4.78, 5) is 16.0. The Kier molecular flexibility index (Phi) is 6.57. The van der Waals surface area contributed by atoms with Crippen molar-refractivity contribution in [3.05, 3.63) is 24.1 Å². The molecule has 1 unspecified atom stereocenters. The average Bonchev–Trinajstić information content (AvgIpc) is 2.81. The maximum Gasteiger partial charge on any atom is 0.243 e. The Morgan fingerprint density at radius 2 is 2.19 bits per heavy atom. The molecule has 2 aromatic rings. The molecule has 0 aliphatic rings. The molecule has 7 nitrogen and oxygen atoms in total. The number of hydrogen-bond acceptors (Lipinski definition) is 6. The first-order valence-corrected chi connectivity index (χ1v) is 6.08. The Balaban J connectivity index is 0.00000220. The van der Waals surface area contributed by atoms with Crippen LogP contribution in [0.4, 0.5) is 5.69 Å². The molecule has 0 radical (unpaired) electrons. The van der Waals surface area contributed by atoms with Crippen molar-refractivity contribution in [2.24, 2.45) is 5.73 Å². The summed E-state index contributed by atoms with van der Waals surface area (Å²) in [7, 11) is 3.06. The number of aromatic nitrogens is 1. The van der Waals surface area contributed by atoms with Crippen molar-refractivity contribution in [3.63, 3.8) is 0 Å². The highest BCUT2D eigenvalue weighted by Gasteiger charge is 2.14. The van der Waals surface area contributed by atoms with Crippen molar-refractivity contribution in [1.29, 1.82) is 0 Å². The van der Waals surface area contributed by atoms with Crippen molar-refractivity contribution >= 4 is 35.1 Å². The lowest BCUT2D eigenvalue weighted by Gasteiger charge is -2.10. The summed E-state index contributed by atoms with van der Waals surface area (Å²) < 4.78 is 15.3. The number of nitrogens with two attached hydrogens (primary N) is 1. The number of carbonyl (C=O) groups is 1. The van der Waals surface area contributed by atoms with Crippen LogP contribution >= 0.6 is 12.4 Å². The van der Waals surface area contributed by atoms with E-state index in [0.717, 1.165) is 0 Å². The van der Waals surface area contributed by atoms with Crippen molar-refractivity contribution in [2.75, 3.05) is 26.1 Å². The van der Waals surface area contributed by atoms with E-state index < -0.39 is 6.04 Å². The third-order valence-corrected chi connectivity index (χ3v) is 2.65. The van der Waals surface area contributed by atoms with E-state index in [1.165, 1.54) is 7.11 Å². The molecule has 0 saturated carbocycles. The lowest BCUT2D eigenvalue weighted by Crippen LogP contribution is -2.39. The van der Waals surface area contributed by atoms with E-state index >= 15 is 0 Å². The van der Waals surface area contributed by atoms with E-state index in [9.17, 15) is 4.79 Å². The molecule has 1 amide bonds. The molecule has 0 bridgehead atoms. The molecule has 0 saturated heterocycles. The minimum atomic E-state index is -0.711. The van der Waals surface area contributed by atoms with Gasteiger partial charge in [-0.3, -0.25) is 4.79 Å². The molecule has 0 aliphatic heterocycles. The predicted molar refractivity (Wildman–Crippen MR) is 80.5 cm³/mol. The number of rotatable bonds is 6. The van der Waals surface area contributed by atoms with Gasteiger partial charge >= 0.3 is 0 Å². The van der Waals surface area contributed by atoms with Gasteiger partial charge in [0.15, 0.2) is 5.58 Å². The van der Waals surface area contributed by atoms with Gasteiger partial charge < -0.3 is 24.9 Å². The Morgan fingerprint density at radius 1 is 1.43 bits per heavy atom. The molecule has 1 atom stereocenters. The van der Waals surface area contributed by atoms with Gasteiger partial charge in [0, 0.05) is 19.9 Å². The van der Waals surface area contributed by atoms with Crippen LogP contribution in [0.15, 0.2) is 22.6 Å². The fraction of sp³-hybridized carbons (Fsp3) is 0.385. The molecule has 0 spiro atoms. The van der Waals surface area contributed by atoms with Crippen LogP contribution in [0, 0.1) is 0 Å². The van der Waals surface area contributed by atoms with Crippen molar-refractivity contribution in [2.45, 2.75) is 12.6 Å². The van der Waals surface area contributed by atoms with E-state index in [-0.39, 0.29) is 24.9 Å². The molecule has 116 valence electrons. The molecule has 0 fully saturated rings. The standard InChI is InChI=1S/C13H17N3O4.ClH/c1-18-6-9(14)13(17)15-8-3-4-11-10(5-8)16-12(20-11)7-19-2;/h3-5,9H,6-7,14H2,1-2H3,(H,15,17);1H. The van der Waals surface area contributed by atoms with Gasteiger partial charge in [-0.1, -0.05) is 0 Å². The number of ether oxygens (including phenoxy) is 2. The van der Waals surface area contributed by atoms with Crippen LogP contribution in [0.2, 0.25) is 0 Å². The number of nitrogens with one attached hydrogen (secondary N) is 1. The van der Waals surface area contributed by atoms with Crippen LogP contribution < -0.4 is 11.1 Å². The molecule has 1 heterocycles. The summed E-state index contributed by atoms with van der Waals surface area (Å²) in [5.74, 6) is 0.175. The molecular formula is C13H18ClN3O4. The van der Waals surface area contributed by atoms with Crippen LogP contribution in [0.3, 0.4) is 0 Å². The third-order valence-electron chi connectivity index (χ3n) is 2.65. The summed E-state index contributed by atoms with van der Waals surface area (Å²) in [6, 6.07) is 4.47. The number of fused-ring (bicyclic) bond motifs is 1. The van der Waals surface area contributed by atoms with E-state index in [1.807, 2.05) is 0 Å². The number of anilines is 1. The second-order valence-electron chi connectivity index (χ2n) is 4.27. The first-order chi connectivity index (χ1) is 9.63. The smallest absolute Gasteiger partial charge is 0.243 e. The van der Waals surface area contributed by atoms with Crippen molar-refractivity contribution < 1.29 is 18.7 Å². The number of halogens is 1. The van der Waals surface area contributed by atoms with Gasteiger partial charge in [-0.2, -0.15) is 0 Å². The highest BCUT2D eigenvalue weighted by atomic mass is 35.5. The lowest BCUT2D eigenvalue weighted by molar-refractivity contribution is -0.118. The van der Waals surface area contributed by atoms with Crippen LogP contribution in [-0.2, 0) is 20.9 Å². The average molecular weight is 316 g/mol. The molecule has 21 heavy (non-hydrogen) atoms. The minimum absolute atomic E-state index is 0. The Labute approximate surface area is 128 Å². The Morgan fingerprint density at radius 3 is 2.86 bits per heavy atom. The van der Waals surface area contributed by atoms with Gasteiger partial charge in [0.05, 0.1) is 6.61 Å². The number of nitrogens with zero attached hydrogens (tertiary/aromatic N) is 1. The van der Waals surface area contributed by atoms with Crippen molar-refractivity contribution in [1.82, 2.24) is 4.98 Å². The maximum absolute atomic E-state index is 11.8. The number of methoxy groups -OCH3 is 2. The van der Waals surface area contributed by atoms with Crippen LogP contribution in [0.5, 0.6) is 0 Å². The minimum Gasteiger partial charge on any atom is -0.438 e. The summed E-state index contributed by atoms with van der Waals surface area (Å²) in [5, 5.41) is 2.70. The molecule has 3 N–H and O–H groups in total. The van der Waals surface area contributed by atoms with Gasteiger partial charge in [0.1, 0.15) is 18.2 Å². The zero-order valence-corrected chi connectivity index (χ0v) is 12.6. The molecule has 1 aromatic carbocycles. The van der Waals surface area contributed by atoms with Gasteiger partial charge in [-0.05, 0) is 18.2 Å². The number of carbonyl (C=O) groups excluding carboxylic acids is 1. The summed E-state index contributed by atoms with van der Waals surface area (Å²) in [5.41, 5.74) is 7.53. The predicted octanol–water partition coefficient (Wildman–Crippen LogP) is 1.31. The summed E-state index contributed by atoms with van der Waals surface area (Å²) in [6.45, 7) is 0.463. The lowest BCUT2D eigenvalue weighted by atomic mass is 10.2. The number of amides is 1. The van der Waals surface area contributed by atoms with E-state index in [1.54, 1.807) is 25.3 Å². The third kappa shape index (κ3) is 4.40. The molecular weight excluding hydrogens is 298 g/mol. The second kappa shape index (κ2) is 7.94. The largest absolute Gasteiger partial charge is 0.438 e. The summed E-state index contributed by atoms with van der Waals surface area (Å²) >= 11 is 0. The zero-order valence-electron chi connectivity index (χ0n) is 11.8. The molecule has 0 aliphatic carbocycles. The second-order valence-corrected chi connectivity index (χ2v) is 4.27. The quantitative estimate of drug-likeness (QED) is 0.833. The van der Waals surface area contributed by atoms with Gasteiger partial charge in [-0.25, -0.2) is 4.98 Å². The molecule has 1 aromatic heterocycles. The maximum atomic E-state index is 11.8. The number of oxazole rings is 1. The van der Waals surface area contributed by atoms with E-state index in [2.05, 4.69) is 10.3 Å². The van der Waals surface area contributed by atoms with Gasteiger partial charge in [-0.15, -0.1) is 12.4 Å². The number of benzene rings is 1. The molecule has 8 heteroatoms. The van der Waals surface area contributed by atoms with Crippen LogP contribution in [0.25, 0.3) is 11.1 Å². The first-order valence-electron chi connectivity index (χ1n) is 6.08. The fourth-order valence-corrected chi connectivity index (χ4v) is 1.73. The van der Waals surface area contributed by atoms with E-state index in [4.69, 9.17) is 19.6 Å². The van der Waals surface area contributed by atoms with Crippen molar-refractivity contribution in [3.8, 4) is 0 Å². The molecule has 2 rings (SSSR count). The first kappa shape index (κ1) is 17.4. The monoisotopic (exact) mass is 315 g/mol. The van der Waals surface area contributed by atoms with Gasteiger partial charge in [0.2, 0.25) is 11.8 Å². The van der Waals surface area contributed by atoms with Gasteiger partial charge in [0.25, 0.3) is 0 Å². The van der Waals surface area contributed by atoms with Crippen LogP contribution in [-0.4, -0.2) is 37.8 Å². The number of hydrogen-bond donors (Lipinski definition) is 2. The zero-order chi connectivity index (χ0) is 14.5. The summed E-state index contributed by atoms with van der Waals surface area (Å²) in [6.07, 6.45) is 0. The van der Waals surface area contributed by atoms with E-state index in [0.29, 0.717) is 29.3 Å².